The normalized spacial score (nSPS) is 13.0. The summed E-state index contributed by atoms with van der Waals surface area (Å²) in [7, 11) is -3.58. The highest BCUT2D eigenvalue weighted by Crippen LogP contribution is 2.15. The number of carboxylic acids is 1. The third-order valence-electron chi connectivity index (χ3n) is 2.17. The maximum atomic E-state index is 11.3. The van der Waals surface area contributed by atoms with Gasteiger partial charge in [0.15, 0.2) is 0 Å². The second-order valence-electron chi connectivity index (χ2n) is 3.58. The van der Waals surface area contributed by atoms with Crippen molar-refractivity contribution in [2.45, 2.75) is 6.04 Å². The van der Waals surface area contributed by atoms with Crippen molar-refractivity contribution in [2.24, 2.45) is 5.73 Å². The molecule has 8 heteroatoms. The molecule has 1 unspecified atom stereocenters. The number of carboxylic acid groups (broad SMARTS) is 1. The zero-order chi connectivity index (χ0) is 13.8. The number of nitrogens with one attached hydrogen (secondary N) is 1. The Bertz CT molecular complexity index is 512. The molecule has 100 valence electrons. The van der Waals surface area contributed by atoms with E-state index in [1.165, 1.54) is 24.3 Å². The Morgan fingerprint density at radius 1 is 1.33 bits per heavy atom. The summed E-state index contributed by atoms with van der Waals surface area (Å²) in [5, 5.41) is 17.3. The molecule has 5 N–H and O–H groups in total. The maximum absolute atomic E-state index is 11.3. The number of hydrogen-bond acceptors (Lipinski definition) is 5. The summed E-state index contributed by atoms with van der Waals surface area (Å²) in [6, 6.07) is 4.53. The minimum atomic E-state index is -3.58. The average Bonchev–Trinajstić information content (AvgIpc) is 2.28. The zero-order valence-corrected chi connectivity index (χ0v) is 10.2. The number of aliphatic hydroxyl groups is 1. The van der Waals surface area contributed by atoms with Gasteiger partial charge in [-0.15, -0.1) is 0 Å². The number of hydrogen-bond donors (Lipinski definition) is 4. The number of sulfonamides is 1. The van der Waals surface area contributed by atoms with E-state index in [2.05, 4.69) is 4.72 Å². The largest absolute Gasteiger partial charge is 0.480 e. The van der Waals surface area contributed by atoms with Gasteiger partial charge >= 0.3 is 5.97 Å². The fourth-order valence-electron chi connectivity index (χ4n) is 1.25. The van der Waals surface area contributed by atoms with E-state index in [9.17, 15) is 13.2 Å². The van der Waals surface area contributed by atoms with Gasteiger partial charge in [-0.1, -0.05) is 12.1 Å². The molecule has 1 atom stereocenters. The lowest BCUT2D eigenvalue weighted by Crippen LogP contribution is -2.21. The number of rotatable bonds is 6. The Balaban J connectivity index is 2.81. The van der Waals surface area contributed by atoms with Gasteiger partial charge in [0.2, 0.25) is 10.0 Å². The fraction of sp³-hybridized carbons (Fsp3) is 0.300. The topological polar surface area (TPSA) is 130 Å². The summed E-state index contributed by atoms with van der Waals surface area (Å²) < 4.78 is 24.9. The lowest BCUT2D eigenvalue weighted by Gasteiger charge is -2.09. The molecule has 0 aliphatic heterocycles. The van der Waals surface area contributed by atoms with Crippen LogP contribution < -0.4 is 10.5 Å². The Hall–Kier alpha value is -1.64. The second-order valence-corrected chi connectivity index (χ2v) is 5.42. The van der Waals surface area contributed by atoms with Crippen LogP contribution in [0.2, 0.25) is 0 Å². The summed E-state index contributed by atoms with van der Waals surface area (Å²) in [4.78, 5) is 10.6. The van der Waals surface area contributed by atoms with Crippen molar-refractivity contribution >= 4 is 21.7 Å². The summed E-state index contributed by atoms with van der Waals surface area (Å²) >= 11 is 0. The van der Waals surface area contributed by atoms with Crippen LogP contribution in [0.3, 0.4) is 0 Å². The monoisotopic (exact) mass is 274 g/mol. The fourth-order valence-corrected chi connectivity index (χ4v) is 2.09. The Morgan fingerprint density at radius 3 is 2.33 bits per heavy atom. The molecule has 0 aromatic heterocycles. The van der Waals surface area contributed by atoms with E-state index in [4.69, 9.17) is 15.9 Å². The molecule has 1 rings (SSSR count). The number of carbonyl (C=O) groups is 1. The van der Waals surface area contributed by atoms with Crippen molar-refractivity contribution in [3.8, 4) is 0 Å². The molecular formula is C10H14N2O5S. The Morgan fingerprint density at radius 2 is 1.89 bits per heavy atom. The molecule has 0 heterocycles. The second kappa shape index (κ2) is 5.80. The smallest absolute Gasteiger partial charge is 0.325 e. The van der Waals surface area contributed by atoms with Crippen molar-refractivity contribution in [2.75, 3.05) is 17.1 Å². The molecule has 0 radical (unpaired) electrons. The predicted octanol–water partition coefficient (Wildman–Crippen LogP) is -0.495. The van der Waals surface area contributed by atoms with E-state index in [0.29, 0.717) is 5.56 Å². The molecule has 18 heavy (non-hydrogen) atoms. The van der Waals surface area contributed by atoms with Crippen molar-refractivity contribution in [1.82, 2.24) is 0 Å². The summed E-state index contributed by atoms with van der Waals surface area (Å²) in [5.74, 6) is -1.56. The maximum Gasteiger partial charge on any atom is 0.325 e. The first-order valence-corrected chi connectivity index (χ1v) is 6.70. The van der Waals surface area contributed by atoms with E-state index in [0.717, 1.165) is 0 Å². The molecule has 0 aliphatic carbocycles. The molecule has 0 saturated carbocycles. The summed E-state index contributed by atoms with van der Waals surface area (Å²) in [5.41, 5.74) is 6.04. The molecular weight excluding hydrogens is 260 g/mol. The molecule has 1 aromatic rings. The van der Waals surface area contributed by atoms with Gasteiger partial charge in [0.1, 0.15) is 6.04 Å². The molecule has 0 spiro atoms. The molecule has 0 bridgehead atoms. The third-order valence-corrected chi connectivity index (χ3v) is 3.44. The van der Waals surface area contributed by atoms with Crippen molar-refractivity contribution in [3.63, 3.8) is 0 Å². The molecule has 0 amide bonds. The van der Waals surface area contributed by atoms with Gasteiger partial charge in [-0.05, 0) is 17.7 Å². The van der Waals surface area contributed by atoms with Crippen molar-refractivity contribution in [3.05, 3.63) is 29.8 Å². The number of aliphatic hydroxyl groups excluding tert-OH is 1. The van der Waals surface area contributed by atoms with E-state index in [1.54, 1.807) is 0 Å². The van der Waals surface area contributed by atoms with E-state index >= 15 is 0 Å². The highest BCUT2D eigenvalue weighted by atomic mass is 32.2. The zero-order valence-electron chi connectivity index (χ0n) is 9.41. The first-order chi connectivity index (χ1) is 8.35. The standard InChI is InChI=1S/C10H14N2O5S/c11-9(10(14)15)7-1-3-8(4-2-7)12-18(16,17)6-5-13/h1-4,9,12-13H,5-6,11H2,(H,14,15). The van der Waals surface area contributed by atoms with Gasteiger partial charge in [-0.25, -0.2) is 8.42 Å². The van der Waals surface area contributed by atoms with E-state index in [1.807, 2.05) is 0 Å². The first-order valence-electron chi connectivity index (χ1n) is 5.05. The minimum Gasteiger partial charge on any atom is -0.480 e. The highest BCUT2D eigenvalue weighted by Gasteiger charge is 2.14. The van der Waals surface area contributed by atoms with Gasteiger partial charge in [0.25, 0.3) is 0 Å². The molecule has 0 aliphatic rings. The van der Waals surface area contributed by atoms with Crippen molar-refractivity contribution in [1.29, 1.82) is 0 Å². The lowest BCUT2D eigenvalue weighted by atomic mass is 10.1. The molecule has 0 saturated heterocycles. The van der Waals surface area contributed by atoms with Crippen LogP contribution in [-0.4, -0.2) is 37.0 Å². The predicted molar refractivity (Wildman–Crippen MR) is 65.5 cm³/mol. The Kier molecular flexibility index (Phi) is 4.65. The highest BCUT2D eigenvalue weighted by molar-refractivity contribution is 7.92. The van der Waals surface area contributed by atoms with Crippen LogP contribution in [0.5, 0.6) is 0 Å². The van der Waals surface area contributed by atoms with Crippen molar-refractivity contribution < 1.29 is 23.4 Å². The number of nitrogens with two attached hydrogens (primary N) is 1. The number of anilines is 1. The van der Waals surface area contributed by atoms with Gasteiger partial charge in [-0.2, -0.15) is 0 Å². The van der Waals surface area contributed by atoms with E-state index < -0.39 is 34.4 Å². The number of benzene rings is 1. The van der Waals surface area contributed by atoms with Gasteiger partial charge in [0, 0.05) is 5.69 Å². The minimum absolute atomic E-state index is 0.282. The summed E-state index contributed by atoms with van der Waals surface area (Å²) in [6.07, 6.45) is 0. The first kappa shape index (κ1) is 14.4. The lowest BCUT2D eigenvalue weighted by molar-refractivity contribution is -0.138. The van der Waals surface area contributed by atoms with Crippen LogP contribution in [0.15, 0.2) is 24.3 Å². The van der Waals surface area contributed by atoms with E-state index in [-0.39, 0.29) is 5.69 Å². The van der Waals surface area contributed by atoms with Gasteiger partial charge < -0.3 is 15.9 Å². The molecule has 0 fully saturated rings. The van der Waals surface area contributed by atoms with Crippen LogP contribution in [0.25, 0.3) is 0 Å². The van der Waals surface area contributed by atoms with Crippen LogP contribution in [0, 0.1) is 0 Å². The van der Waals surface area contributed by atoms with Gasteiger partial charge in [-0.3, -0.25) is 9.52 Å². The quantitative estimate of drug-likeness (QED) is 0.553. The van der Waals surface area contributed by atoms with Crippen LogP contribution in [0.1, 0.15) is 11.6 Å². The molecule has 1 aromatic carbocycles. The summed E-state index contributed by atoms with van der Waals surface area (Å²) in [6.45, 7) is -0.475. The number of aliphatic carboxylic acids is 1. The van der Waals surface area contributed by atoms with Crippen LogP contribution >= 0.6 is 0 Å². The SMILES string of the molecule is NC(C(=O)O)c1ccc(NS(=O)(=O)CCO)cc1. The Labute approximate surface area is 104 Å². The third kappa shape index (κ3) is 3.99. The van der Waals surface area contributed by atoms with Crippen LogP contribution in [-0.2, 0) is 14.8 Å². The average molecular weight is 274 g/mol. The van der Waals surface area contributed by atoms with Gasteiger partial charge in [0.05, 0.1) is 12.4 Å². The van der Waals surface area contributed by atoms with Crippen LogP contribution in [0.4, 0.5) is 5.69 Å². The molecule has 7 nitrogen and oxygen atoms in total.